The zero-order valence-electron chi connectivity index (χ0n) is 11.6. The molecule has 1 aliphatic rings. The van der Waals surface area contributed by atoms with Gasteiger partial charge in [-0.25, -0.2) is 17.5 Å². The van der Waals surface area contributed by atoms with E-state index < -0.39 is 15.8 Å². The van der Waals surface area contributed by atoms with E-state index in [-0.39, 0.29) is 23.0 Å². The molecule has 8 heteroatoms. The van der Waals surface area contributed by atoms with Gasteiger partial charge in [0.2, 0.25) is 10.0 Å². The van der Waals surface area contributed by atoms with Gasteiger partial charge >= 0.3 is 0 Å². The summed E-state index contributed by atoms with van der Waals surface area (Å²) in [7, 11) is -3.88. The first-order chi connectivity index (χ1) is 9.87. The Morgan fingerprint density at radius 3 is 2.76 bits per heavy atom. The van der Waals surface area contributed by atoms with E-state index in [1.165, 1.54) is 12.1 Å². The number of benzene rings is 1. The fourth-order valence-electron chi connectivity index (χ4n) is 2.51. The summed E-state index contributed by atoms with van der Waals surface area (Å²) >= 11 is 4.93. The molecule has 0 aliphatic heterocycles. The van der Waals surface area contributed by atoms with Crippen molar-refractivity contribution in [2.45, 2.75) is 42.0 Å². The van der Waals surface area contributed by atoms with Crippen LogP contribution in [0.5, 0.6) is 0 Å². The van der Waals surface area contributed by atoms with Gasteiger partial charge in [0.1, 0.15) is 10.7 Å². The highest BCUT2D eigenvalue weighted by Crippen LogP contribution is 2.30. The van der Waals surface area contributed by atoms with Gasteiger partial charge in [0.05, 0.1) is 0 Å². The number of halogens is 2. The second-order valence-corrected chi connectivity index (χ2v) is 8.81. The minimum absolute atomic E-state index is 0.0498. The van der Waals surface area contributed by atoms with Crippen LogP contribution in [0.3, 0.4) is 0 Å². The van der Waals surface area contributed by atoms with Crippen molar-refractivity contribution in [2.75, 3.05) is 6.26 Å². The lowest BCUT2D eigenvalue weighted by Gasteiger charge is -2.15. The van der Waals surface area contributed by atoms with Crippen LogP contribution in [0.4, 0.5) is 4.39 Å². The molecule has 0 heterocycles. The van der Waals surface area contributed by atoms with E-state index in [1.807, 2.05) is 6.26 Å². The summed E-state index contributed by atoms with van der Waals surface area (Å²) in [5.41, 5.74) is 5.63. The molecule has 2 rings (SSSR count). The molecule has 1 aliphatic carbocycles. The van der Waals surface area contributed by atoms with E-state index in [0.29, 0.717) is 9.72 Å². The first-order valence-electron chi connectivity index (χ1n) is 6.60. The van der Waals surface area contributed by atoms with Crippen molar-refractivity contribution in [3.63, 3.8) is 0 Å². The Morgan fingerprint density at radius 2 is 2.19 bits per heavy atom. The summed E-state index contributed by atoms with van der Waals surface area (Å²) in [6, 6.07) is 2.64. The van der Waals surface area contributed by atoms with E-state index in [1.54, 1.807) is 11.8 Å². The van der Waals surface area contributed by atoms with Gasteiger partial charge in [-0.3, -0.25) is 0 Å². The van der Waals surface area contributed by atoms with Crippen LogP contribution in [0.1, 0.15) is 24.8 Å². The number of rotatable bonds is 5. The number of nitrogens with one attached hydrogen (secondary N) is 1. The van der Waals surface area contributed by atoms with Crippen LogP contribution in [-0.4, -0.2) is 26.0 Å². The van der Waals surface area contributed by atoms with Crippen LogP contribution in [0, 0.1) is 5.82 Å². The summed E-state index contributed by atoms with van der Waals surface area (Å²) in [4.78, 5) is -0.343. The molecule has 0 aromatic heterocycles. The maximum Gasteiger partial charge on any atom is 0.243 e. The van der Waals surface area contributed by atoms with Crippen molar-refractivity contribution in [3.05, 3.63) is 28.0 Å². The van der Waals surface area contributed by atoms with E-state index >= 15 is 0 Å². The topological polar surface area (TPSA) is 72.2 Å². The van der Waals surface area contributed by atoms with Gasteiger partial charge in [-0.1, -0.05) is 15.9 Å². The molecule has 0 bridgehead atoms. The number of thioether (sulfide) groups is 1. The molecule has 1 aromatic carbocycles. The minimum Gasteiger partial charge on any atom is -0.326 e. The molecule has 4 nitrogen and oxygen atoms in total. The summed E-state index contributed by atoms with van der Waals surface area (Å²) in [6.45, 7) is -0.0498. The van der Waals surface area contributed by atoms with Gasteiger partial charge in [0.25, 0.3) is 0 Å². The number of nitrogens with two attached hydrogens (primary N) is 1. The smallest absolute Gasteiger partial charge is 0.243 e. The number of hydrogen-bond acceptors (Lipinski definition) is 4. The van der Waals surface area contributed by atoms with Gasteiger partial charge in [0, 0.05) is 27.9 Å². The van der Waals surface area contributed by atoms with Crippen molar-refractivity contribution in [1.82, 2.24) is 4.72 Å². The average molecular weight is 397 g/mol. The molecule has 2 unspecified atom stereocenters. The summed E-state index contributed by atoms with van der Waals surface area (Å²) in [6.07, 6.45) is 4.55. The Balaban J connectivity index is 2.26. The quantitative estimate of drug-likeness (QED) is 0.801. The lowest BCUT2D eigenvalue weighted by atomic mass is 10.2. The molecule has 21 heavy (non-hydrogen) atoms. The third-order valence-corrected chi connectivity index (χ3v) is 6.70. The van der Waals surface area contributed by atoms with Crippen molar-refractivity contribution >= 4 is 37.7 Å². The van der Waals surface area contributed by atoms with Crippen LogP contribution < -0.4 is 10.5 Å². The normalized spacial score (nSPS) is 22.7. The summed E-state index contributed by atoms with van der Waals surface area (Å²) < 4.78 is 42.2. The molecule has 118 valence electrons. The van der Waals surface area contributed by atoms with Crippen LogP contribution in [0.2, 0.25) is 0 Å². The Bertz CT molecular complexity index is 625. The first kappa shape index (κ1) is 17.2. The fourth-order valence-corrected chi connectivity index (χ4v) is 5.39. The van der Waals surface area contributed by atoms with Gasteiger partial charge in [0.15, 0.2) is 0 Å². The molecule has 0 saturated heterocycles. The van der Waals surface area contributed by atoms with E-state index in [9.17, 15) is 12.8 Å². The fraction of sp³-hybridized carbons (Fsp3) is 0.538. The van der Waals surface area contributed by atoms with Crippen LogP contribution in [0.25, 0.3) is 0 Å². The molecule has 1 fully saturated rings. The van der Waals surface area contributed by atoms with Crippen LogP contribution >= 0.6 is 27.7 Å². The van der Waals surface area contributed by atoms with E-state index in [4.69, 9.17) is 5.73 Å². The molecule has 1 saturated carbocycles. The molecular weight excluding hydrogens is 379 g/mol. The van der Waals surface area contributed by atoms with Gasteiger partial charge < -0.3 is 5.73 Å². The maximum absolute atomic E-state index is 14.2. The van der Waals surface area contributed by atoms with Crippen molar-refractivity contribution in [2.24, 2.45) is 5.73 Å². The van der Waals surface area contributed by atoms with Gasteiger partial charge in [-0.2, -0.15) is 11.8 Å². The molecule has 2 atom stereocenters. The summed E-state index contributed by atoms with van der Waals surface area (Å²) in [5, 5.41) is 0.463. The third-order valence-electron chi connectivity index (χ3n) is 3.63. The molecule has 0 spiro atoms. The molecule has 3 N–H and O–H groups in total. The van der Waals surface area contributed by atoms with Crippen LogP contribution in [-0.2, 0) is 16.6 Å². The largest absolute Gasteiger partial charge is 0.326 e. The predicted octanol–water partition coefficient (Wildman–Crippen LogP) is 2.61. The second-order valence-electron chi connectivity index (χ2n) is 5.07. The standard InChI is InChI=1S/C13H18BrFN2O2S2/c1-20-11-3-2-10(6-11)17-21(18,19)12-5-9(14)4-8(7-16)13(12)15/h4-5,10-11,17H,2-3,6-7,16H2,1H3. The highest BCUT2D eigenvalue weighted by atomic mass is 79.9. The van der Waals surface area contributed by atoms with Crippen LogP contribution in [0.15, 0.2) is 21.5 Å². The zero-order chi connectivity index (χ0) is 15.6. The number of hydrogen-bond donors (Lipinski definition) is 2. The Morgan fingerprint density at radius 1 is 1.48 bits per heavy atom. The second kappa shape index (κ2) is 6.95. The average Bonchev–Trinajstić information content (AvgIpc) is 2.87. The molecule has 0 amide bonds. The first-order valence-corrected chi connectivity index (χ1v) is 10.2. The van der Waals surface area contributed by atoms with Crippen molar-refractivity contribution in [3.8, 4) is 0 Å². The SMILES string of the molecule is CSC1CCC(NS(=O)(=O)c2cc(Br)cc(CN)c2F)C1. The third kappa shape index (κ3) is 3.98. The van der Waals surface area contributed by atoms with E-state index in [2.05, 4.69) is 20.7 Å². The molecular formula is C13H18BrFN2O2S2. The van der Waals surface area contributed by atoms with E-state index in [0.717, 1.165) is 19.3 Å². The van der Waals surface area contributed by atoms with Crippen molar-refractivity contribution < 1.29 is 12.8 Å². The molecule has 0 radical (unpaired) electrons. The Hall–Kier alpha value is -0.150. The lowest BCUT2D eigenvalue weighted by Crippen LogP contribution is -2.34. The monoisotopic (exact) mass is 396 g/mol. The Kier molecular flexibility index (Phi) is 5.70. The summed E-state index contributed by atoms with van der Waals surface area (Å²) in [5.74, 6) is -0.771. The van der Waals surface area contributed by atoms with Crippen molar-refractivity contribution in [1.29, 1.82) is 0 Å². The highest BCUT2D eigenvalue weighted by molar-refractivity contribution is 9.10. The van der Waals surface area contributed by atoms with Gasteiger partial charge in [-0.05, 0) is 37.7 Å². The maximum atomic E-state index is 14.2. The van der Waals surface area contributed by atoms with Gasteiger partial charge in [-0.15, -0.1) is 0 Å². The highest BCUT2D eigenvalue weighted by Gasteiger charge is 2.30. The lowest BCUT2D eigenvalue weighted by molar-refractivity contribution is 0.532. The Labute approximate surface area is 137 Å². The minimum atomic E-state index is -3.88. The number of sulfonamides is 1. The molecule has 1 aromatic rings. The zero-order valence-corrected chi connectivity index (χ0v) is 14.8. The predicted molar refractivity (Wildman–Crippen MR) is 87.3 cm³/mol.